The standard InChI is InChI=1S/C14H21NO3S2/c1-11-10-14(12(2)9-13(11)18-3)20(16,17)15-5-4-7-19-8-6-15/h9-10H,4-8H2,1-3H3. The fraction of sp³-hybridized carbons (Fsp3) is 0.571. The molecule has 0 N–H and O–H groups in total. The van der Waals surface area contributed by atoms with Gasteiger partial charge in [0, 0.05) is 18.8 Å². The van der Waals surface area contributed by atoms with Crippen LogP contribution in [0.2, 0.25) is 0 Å². The number of aryl methyl sites for hydroxylation is 2. The molecule has 0 atom stereocenters. The first-order valence-electron chi connectivity index (χ1n) is 6.70. The topological polar surface area (TPSA) is 46.6 Å². The van der Waals surface area contributed by atoms with Crippen molar-refractivity contribution in [2.24, 2.45) is 0 Å². The fourth-order valence-electron chi connectivity index (χ4n) is 2.36. The van der Waals surface area contributed by atoms with E-state index >= 15 is 0 Å². The van der Waals surface area contributed by atoms with Gasteiger partial charge in [-0.15, -0.1) is 0 Å². The molecule has 1 saturated heterocycles. The summed E-state index contributed by atoms with van der Waals surface area (Å²) in [7, 11) is -1.80. The van der Waals surface area contributed by atoms with Crippen LogP contribution >= 0.6 is 11.8 Å². The normalized spacial score (nSPS) is 17.8. The zero-order chi connectivity index (χ0) is 14.8. The second kappa shape index (κ2) is 6.37. The molecule has 2 rings (SSSR count). The average Bonchev–Trinajstić information content (AvgIpc) is 2.70. The van der Waals surface area contributed by atoms with Gasteiger partial charge in [0.05, 0.1) is 12.0 Å². The Balaban J connectivity index is 2.40. The summed E-state index contributed by atoms with van der Waals surface area (Å²) in [6, 6.07) is 3.52. The van der Waals surface area contributed by atoms with Gasteiger partial charge < -0.3 is 4.74 Å². The van der Waals surface area contributed by atoms with E-state index in [-0.39, 0.29) is 0 Å². The van der Waals surface area contributed by atoms with E-state index in [1.807, 2.05) is 25.6 Å². The second-order valence-corrected chi connectivity index (χ2v) is 8.09. The van der Waals surface area contributed by atoms with Gasteiger partial charge in [-0.1, -0.05) is 0 Å². The number of rotatable bonds is 3. The van der Waals surface area contributed by atoms with E-state index in [0.717, 1.165) is 34.8 Å². The Morgan fingerprint density at radius 1 is 1.15 bits per heavy atom. The zero-order valence-electron chi connectivity index (χ0n) is 12.2. The molecule has 1 heterocycles. The lowest BCUT2D eigenvalue weighted by Crippen LogP contribution is -2.33. The highest BCUT2D eigenvalue weighted by molar-refractivity contribution is 7.99. The highest BCUT2D eigenvalue weighted by Gasteiger charge is 2.27. The third kappa shape index (κ3) is 3.13. The van der Waals surface area contributed by atoms with Gasteiger partial charge in [0.1, 0.15) is 5.75 Å². The lowest BCUT2D eigenvalue weighted by Gasteiger charge is -2.21. The molecule has 1 aliphatic rings. The van der Waals surface area contributed by atoms with Gasteiger partial charge in [0.15, 0.2) is 0 Å². The van der Waals surface area contributed by atoms with Crippen LogP contribution in [-0.4, -0.2) is 44.4 Å². The lowest BCUT2D eigenvalue weighted by atomic mass is 10.1. The molecule has 0 unspecified atom stereocenters. The first-order chi connectivity index (χ1) is 9.46. The van der Waals surface area contributed by atoms with E-state index in [1.54, 1.807) is 23.5 Å². The lowest BCUT2D eigenvalue weighted by molar-refractivity contribution is 0.410. The van der Waals surface area contributed by atoms with Gasteiger partial charge in [0.2, 0.25) is 10.0 Å². The predicted octanol–water partition coefficient (Wildman–Crippen LogP) is 2.44. The molecule has 0 aliphatic carbocycles. The van der Waals surface area contributed by atoms with Gasteiger partial charge in [-0.05, 0) is 49.3 Å². The smallest absolute Gasteiger partial charge is 0.243 e. The molecule has 6 heteroatoms. The Hall–Kier alpha value is -0.720. The van der Waals surface area contributed by atoms with E-state index < -0.39 is 10.0 Å². The highest BCUT2D eigenvalue weighted by Crippen LogP contribution is 2.28. The molecule has 0 spiro atoms. The summed E-state index contributed by atoms with van der Waals surface area (Å²) >= 11 is 1.82. The molecule has 1 aromatic carbocycles. The van der Waals surface area contributed by atoms with E-state index in [2.05, 4.69) is 0 Å². The summed E-state index contributed by atoms with van der Waals surface area (Å²) in [4.78, 5) is 0.405. The van der Waals surface area contributed by atoms with Crippen molar-refractivity contribution in [3.05, 3.63) is 23.3 Å². The van der Waals surface area contributed by atoms with E-state index in [9.17, 15) is 8.42 Å². The Morgan fingerprint density at radius 3 is 2.60 bits per heavy atom. The molecule has 0 aromatic heterocycles. The number of benzene rings is 1. The largest absolute Gasteiger partial charge is 0.496 e. The molecule has 0 bridgehead atoms. The molecule has 0 amide bonds. The summed E-state index contributed by atoms with van der Waals surface area (Å²) in [6.07, 6.45) is 0.915. The van der Waals surface area contributed by atoms with Gasteiger partial charge >= 0.3 is 0 Å². The van der Waals surface area contributed by atoms with Gasteiger partial charge in [0.25, 0.3) is 0 Å². The minimum atomic E-state index is -3.40. The molecule has 1 fully saturated rings. The summed E-state index contributed by atoms with van der Waals surface area (Å²) < 4.78 is 32.4. The highest BCUT2D eigenvalue weighted by atomic mass is 32.2. The van der Waals surface area contributed by atoms with Gasteiger partial charge in [-0.3, -0.25) is 0 Å². The van der Waals surface area contributed by atoms with Crippen molar-refractivity contribution in [1.29, 1.82) is 0 Å². The van der Waals surface area contributed by atoms with Gasteiger partial charge in [-0.25, -0.2) is 8.42 Å². The summed E-state index contributed by atoms with van der Waals surface area (Å²) in [5.41, 5.74) is 1.59. The van der Waals surface area contributed by atoms with Crippen LogP contribution in [0.4, 0.5) is 0 Å². The maximum absolute atomic E-state index is 12.8. The van der Waals surface area contributed by atoms with Crippen LogP contribution in [0.15, 0.2) is 17.0 Å². The Kier molecular flexibility index (Phi) is 4.99. The van der Waals surface area contributed by atoms with Crippen molar-refractivity contribution in [3.8, 4) is 5.75 Å². The Bertz CT molecular complexity index is 576. The van der Waals surface area contributed by atoms with E-state index in [0.29, 0.717) is 18.0 Å². The number of hydrogen-bond acceptors (Lipinski definition) is 4. The molecule has 20 heavy (non-hydrogen) atoms. The molecule has 1 aliphatic heterocycles. The zero-order valence-corrected chi connectivity index (χ0v) is 13.8. The second-order valence-electron chi connectivity index (χ2n) is 4.96. The van der Waals surface area contributed by atoms with Crippen molar-refractivity contribution in [1.82, 2.24) is 4.31 Å². The van der Waals surface area contributed by atoms with Crippen LogP contribution in [0.25, 0.3) is 0 Å². The monoisotopic (exact) mass is 315 g/mol. The van der Waals surface area contributed by atoms with Crippen molar-refractivity contribution in [2.75, 3.05) is 31.7 Å². The third-order valence-electron chi connectivity index (χ3n) is 3.49. The van der Waals surface area contributed by atoms with Crippen molar-refractivity contribution in [3.63, 3.8) is 0 Å². The number of ether oxygens (including phenoxy) is 1. The molecule has 4 nitrogen and oxygen atoms in total. The van der Waals surface area contributed by atoms with Crippen LogP contribution in [0.5, 0.6) is 5.75 Å². The minimum absolute atomic E-state index is 0.405. The Morgan fingerprint density at radius 2 is 1.90 bits per heavy atom. The Labute approximate surface area is 125 Å². The SMILES string of the molecule is COc1cc(C)c(S(=O)(=O)N2CCCSCC2)cc1C. The maximum Gasteiger partial charge on any atom is 0.243 e. The van der Waals surface area contributed by atoms with Crippen molar-refractivity contribution in [2.45, 2.75) is 25.2 Å². The predicted molar refractivity (Wildman–Crippen MR) is 83.2 cm³/mol. The van der Waals surface area contributed by atoms with Crippen LogP contribution in [0, 0.1) is 13.8 Å². The molecule has 112 valence electrons. The summed E-state index contributed by atoms with van der Waals surface area (Å²) in [6.45, 7) is 4.90. The molecular formula is C14H21NO3S2. The summed E-state index contributed by atoms with van der Waals surface area (Å²) in [5.74, 6) is 2.63. The first kappa shape index (κ1) is 15.7. The summed E-state index contributed by atoms with van der Waals surface area (Å²) in [5, 5.41) is 0. The number of nitrogens with zero attached hydrogens (tertiary/aromatic N) is 1. The quantitative estimate of drug-likeness (QED) is 0.859. The van der Waals surface area contributed by atoms with Crippen LogP contribution in [0.3, 0.4) is 0 Å². The molecular weight excluding hydrogens is 294 g/mol. The van der Waals surface area contributed by atoms with Gasteiger partial charge in [-0.2, -0.15) is 16.1 Å². The van der Waals surface area contributed by atoms with E-state index in [1.165, 1.54) is 0 Å². The third-order valence-corrected chi connectivity index (χ3v) is 6.58. The average molecular weight is 315 g/mol. The van der Waals surface area contributed by atoms with Crippen LogP contribution in [-0.2, 0) is 10.0 Å². The number of methoxy groups -OCH3 is 1. The minimum Gasteiger partial charge on any atom is -0.496 e. The molecule has 0 radical (unpaired) electrons. The first-order valence-corrected chi connectivity index (χ1v) is 9.29. The molecule has 1 aromatic rings. The maximum atomic E-state index is 12.8. The molecule has 0 saturated carbocycles. The van der Waals surface area contributed by atoms with Crippen LogP contribution in [0.1, 0.15) is 17.5 Å². The van der Waals surface area contributed by atoms with E-state index in [4.69, 9.17) is 4.74 Å². The van der Waals surface area contributed by atoms with Crippen LogP contribution < -0.4 is 4.74 Å². The number of thioether (sulfide) groups is 1. The number of sulfonamides is 1. The van der Waals surface area contributed by atoms with Crippen molar-refractivity contribution >= 4 is 21.8 Å². The van der Waals surface area contributed by atoms with Crippen molar-refractivity contribution < 1.29 is 13.2 Å². The fourth-order valence-corrected chi connectivity index (χ4v) is 5.14. The number of hydrogen-bond donors (Lipinski definition) is 0.